The van der Waals surface area contributed by atoms with Gasteiger partial charge in [-0.25, -0.2) is 0 Å². The van der Waals surface area contributed by atoms with E-state index in [9.17, 15) is 4.79 Å². The molecule has 0 spiro atoms. The predicted octanol–water partition coefficient (Wildman–Crippen LogP) is 1.62. The van der Waals surface area contributed by atoms with Gasteiger partial charge in [-0.15, -0.1) is 0 Å². The van der Waals surface area contributed by atoms with Crippen LogP contribution in [-0.2, 0) is 4.79 Å². The molecule has 0 saturated carbocycles. The lowest BCUT2D eigenvalue weighted by Crippen LogP contribution is -2.49. The molecule has 102 valence electrons. The van der Waals surface area contributed by atoms with E-state index in [1.54, 1.807) is 0 Å². The number of fused-ring (bicyclic) bond motifs is 1. The normalized spacial score (nSPS) is 29.4. The molecule has 1 saturated heterocycles. The van der Waals surface area contributed by atoms with Crippen molar-refractivity contribution in [2.75, 3.05) is 13.2 Å². The predicted molar refractivity (Wildman–Crippen MR) is 73.0 cm³/mol. The highest BCUT2D eigenvalue weighted by molar-refractivity contribution is 5.82. The number of piperidine rings is 1. The lowest BCUT2D eigenvalue weighted by molar-refractivity contribution is -0.124. The zero-order valence-corrected chi connectivity index (χ0v) is 11.2. The van der Waals surface area contributed by atoms with Crippen LogP contribution in [0.25, 0.3) is 0 Å². The molecule has 0 aliphatic carbocycles. The maximum absolute atomic E-state index is 12.3. The fourth-order valence-electron chi connectivity index (χ4n) is 2.86. The summed E-state index contributed by atoms with van der Waals surface area (Å²) < 4.78 is 5.59. The smallest absolute Gasteiger partial charge is 0.237 e. The van der Waals surface area contributed by atoms with Gasteiger partial charge in [0, 0.05) is 5.56 Å². The molecule has 4 nitrogen and oxygen atoms in total. The standard InChI is InChI=1S/C15H20N2O2/c1-10-6-7-16-12(8-10)15(18)17-13-9-19-14-5-3-2-4-11(13)14/h2-5,10,12-13,16H,6-9H2,1H3,(H,17,18)/t10-,12+,13+/m1/s1. The van der Waals surface area contributed by atoms with Gasteiger partial charge in [-0.2, -0.15) is 0 Å². The molecule has 1 amide bonds. The molecule has 19 heavy (non-hydrogen) atoms. The lowest BCUT2D eigenvalue weighted by Gasteiger charge is -2.28. The summed E-state index contributed by atoms with van der Waals surface area (Å²) in [7, 11) is 0. The van der Waals surface area contributed by atoms with Gasteiger partial charge >= 0.3 is 0 Å². The monoisotopic (exact) mass is 260 g/mol. The first-order valence-corrected chi connectivity index (χ1v) is 6.99. The van der Waals surface area contributed by atoms with Crippen LogP contribution < -0.4 is 15.4 Å². The summed E-state index contributed by atoms with van der Waals surface area (Å²) in [4.78, 5) is 12.3. The fourth-order valence-corrected chi connectivity index (χ4v) is 2.86. The van der Waals surface area contributed by atoms with E-state index in [1.165, 1.54) is 0 Å². The van der Waals surface area contributed by atoms with Gasteiger partial charge < -0.3 is 15.4 Å². The molecule has 1 aromatic rings. The molecule has 4 heteroatoms. The molecule has 2 N–H and O–H groups in total. The average molecular weight is 260 g/mol. The van der Waals surface area contributed by atoms with E-state index in [-0.39, 0.29) is 18.0 Å². The van der Waals surface area contributed by atoms with E-state index in [0.29, 0.717) is 12.5 Å². The minimum atomic E-state index is -0.0588. The highest BCUT2D eigenvalue weighted by Gasteiger charge is 2.30. The van der Waals surface area contributed by atoms with Crippen LogP contribution in [0, 0.1) is 5.92 Å². The van der Waals surface area contributed by atoms with Crippen LogP contribution in [0.5, 0.6) is 5.75 Å². The zero-order chi connectivity index (χ0) is 13.2. The first-order valence-electron chi connectivity index (χ1n) is 6.99. The molecule has 1 fully saturated rings. The summed E-state index contributed by atoms with van der Waals surface area (Å²) in [6.07, 6.45) is 2.07. The summed E-state index contributed by atoms with van der Waals surface area (Å²) >= 11 is 0. The summed E-state index contributed by atoms with van der Waals surface area (Å²) in [6, 6.07) is 7.83. The topological polar surface area (TPSA) is 50.4 Å². The van der Waals surface area contributed by atoms with Crippen LogP contribution in [0.1, 0.15) is 31.4 Å². The van der Waals surface area contributed by atoms with Crippen molar-refractivity contribution in [3.05, 3.63) is 29.8 Å². The second-order valence-electron chi connectivity index (χ2n) is 5.55. The fraction of sp³-hybridized carbons (Fsp3) is 0.533. The van der Waals surface area contributed by atoms with Gasteiger partial charge in [0.25, 0.3) is 0 Å². The van der Waals surface area contributed by atoms with Crippen LogP contribution in [0.4, 0.5) is 0 Å². The van der Waals surface area contributed by atoms with E-state index in [4.69, 9.17) is 4.74 Å². The van der Waals surface area contributed by atoms with Gasteiger partial charge in [0.05, 0.1) is 12.1 Å². The van der Waals surface area contributed by atoms with Crippen LogP contribution in [0.3, 0.4) is 0 Å². The largest absolute Gasteiger partial charge is 0.491 e. The van der Waals surface area contributed by atoms with E-state index < -0.39 is 0 Å². The van der Waals surface area contributed by atoms with Crippen molar-refractivity contribution < 1.29 is 9.53 Å². The summed E-state index contributed by atoms with van der Waals surface area (Å²) in [5.74, 6) is 1.60. The van der Waals surface area contributed by atoms with Gasteiger partial charge in [0.2, 0.25) is 5.91 Å². The van der Waals surface area contributed by atoms with E-state index in [1.807, 2.05) is 24.3 Å². The average Bonchev–Trinajstić information content (AvgIpc) is 2.82. The molecule has 2 heterocycles. The summed E-state index contributed by atoms with van der Waals surface area (Å²) in [5.41, 5.74) is 1.08. The highest BCUT2D eigenvalue weighted by atomic mass is 16.5. The number of benzene rings is 1. The Morgan fingerprint density at radius 1 is 1.42 bits per heavy atom. The van der Waals surface area contributed by atoms with E-state index >= 15 is 0 Å². The quantitative estimate of drug-likeness (QED) is 0.849. The first-order chi connectivity index (χ1) is 9.24. The number of amides is 1. The van der Waals surface area contributed by atoms with Crippen molar-refractivity contribution in [3.8, 4) is 5.75 Å². The molecular formula is C15H20N2O2. The van der Waals surface area contributed by atoms with Crippen molar-refractivity contribution in [3.63, 3.8) is 0 Å². The summed E-state index contributed by atoms with van der Waals surface area (Å²) in [5, 5.41) is 6.39. The molecule has 0 radical (unpaired) electrons. The van der Waals surface area contributed by atoms with E-state index in [2.05, 4.69) is 17.6 Å². The van der Waals surface area contributed by atoms with E-state index in [0.717, 1.165) is 30.7 Å². The minimum absolute atomic E-state index is 0.0114. The van der Waals surface area contributed by atoms with Crippen molar-refractivity contribution >= 4 is 5.91 Å². The number of rotatable bonds is 2. The summed E-state index contributed by atoms with van der Waals surface area (Å²) in [6.45, 7) is 3.67. The van der Waals surface area contributed by atoms with Crippen molar-refractivity contribution in [1.82, 2.24) is 10.6 Å². The minimum Gasteiger partial charge on any atom is -0.491 e. The van der Waals surface area contributed by atoms with Crippen LogP contribution in [-0.4, -0.2) is 25.1 Å². The Labute approximate surface area is 113 Å². The highest BCUT2D eigenvalue weighted by Crippen LogP contribution is 2.31. The van der Waals surface area contributed by atoms with Gasteiger partial charge in [0.1, 0.15) is 12.4 Å². The van der Waals surface area contributed by atoms with Crippen molar-refractivity contribution in [1.29, 1.82) is 0 Å². The van der Waals surface area contributed by atoms with Gasteiger partial charge in [0.15, 0.2) is 0 Å². The SMILES string of the molecule is C[C@@H]1CCN[C@H](C(=O)N[C@H]2COc3ccccc32)C1. The number of para-hydroxylation sites is 1. The molecule has 0 aromatic heterocycles. The van der Waals surface area contributed by atoms with Gasteiger partial charge in [-0.05, 0) is 31.4 Å². The Balaban J connectivity index is 1.64. The van der Waals surface area contributed by atoms with Gasteiger partial charge in [-0.3, -0.25) is 4.79 Å². The Morgan fingerprint density at radius 2 is 2.26 bits per heavy atom. The third-order valence-electron chi connectivity index (χ3n) is 4.00. The van der Waals surface area contributed by atoms with Crippen molar-refractivity contribution in [2.24, 2.45) is 5.92 Å². The molecule has 0 unspecified atom stereocenters. The molecule has 3 rings (SSSR count). The third-order valence-corrected chi connectivity index (χ3v) is 4.00. The van der Waals surface area contributed by atoms with Crippen LogP contribution in [0.15, 0.2) is 24.3 Å². The van der Waals surface area contributed by atoms with Gasteiger partial charge in [-0.1, -0.05) is 25.1 Å². The number of carbonyl (C=O) groups excluding carboxylic acids is 1. The number of hydrogen-bond acceptors (Lipinski definition) is 3. The second kappa shape index (κ2) is 5.21. The lowest BCUT2D eigenvalue weighted by atomic mass is 9.93. The molecule has 1 aromatic carbocycles. The Morgan fingerprint density at radius 3 is 3.11 bits per heavy atom. The maximum Gasteiger partial charge on any atom is 0.237 e. The van der Waals surface area contributed by atoms with Crippen LogP contribution in [0.2, 0.25) is 0 Å². The third kappa shape index (κ3) is 2.59. The maximum atomic E-state index is 12.3. The number of ether oxygens (including phenoxy) is 1. The number of hydrogen-bond donors (Lipinski definition) is 2. The Kier molecular flexibility index (Phi) is 3.42. The molecular weight excluding hydrogens is 240 g/mol. The molecule has 2 aliphatic rings. The molecule has 3 atom stereocenters. The Bertz CT molecular complexity index is 475. The van der Waals surface area contributed by atoms with Crippen LogP contribution >= 0.6 is 0 Å². The number of nitrogens with one attached hydrogen (secondary N) is 2. The number of carbonyl (C=O) groups is 1. The zero-order valence-electron chi connectivity index (χ0n) is 11.2. The second-order valence-corrected chi connectivity index (χ2v) is 5.55. The first kappa shape index (κ1) is 12.5. The van der Waals surface area contributed by atoms with Crippen molar-refractivity contribution in [2.45, 2.75) is 31.8 Å². The molecule has 2 aliphatic heterocycles. The molecule has 0 bridgehead atoms. The Hall–Kier alpha value is -1.55.